The van der Waals surface area contributed by atoms with Crippen molar-refractivity contribution < 1.29 is 0 Å². The molecule has 0 bridgehead atoms. The predicted molar refractivity (Wildman–Crippen MR) is 183 cm³/mol. The van der Waals surface area contributed by atoms with Crippen LogP contribution in [0.5, 0.6) is 0 Å². The third-order valence-corrected chi connectivity index (χ3v) is 9.75. The minimum absolute atomic E-state index is 0.0839. The molecule has 0 aliphatic rings. The molecule has 0 saturated heterocycles. The number of azo groups is 1. The molecule has 0 aromatic rings. The smallest absolute Gasteiger partial charge is 0.0891 e. The lowest BCUT2D eigenvalue weighted by Gasteiger charge is -2.34. The van der Waals surface area contributed by atoms with Crippen LogP contribution in [0.1, 0.15) is 208 Å². The Kier molecular flexibility index (Phi) is 26.2. The van der Waals surface area contributed by atoms with Crippen molar-refractivity contribution in [2.75, 3.05) is 0 Å². The Morgan fingerprint density at radius 3 is 0.833 bits per heavy atom. The predicted octanol–water partition coefficient (Wildman–Crippen LogP) is 13.5. The molecule has 0 aromatic heterocycles. The van der Waals surface area contributed by atoms with E-state index in [0.717, 1.165) is 64.2 Å². The van der Waals surface area contributed by atoms with Crippen LogP contribution in [0.25, 0.3) is 0 Å². The fourth-order valence-corrected chi connectivity index (χ4v) is 6.79. The van der Waals surface area contributed by atoms with Crippen LogP contribution in [0, 0.1) is 33.5 Å². The van der Waals surface area contributed by atoms with Crippen molar-refractivity contribution in [3.63, 3.8) is 0 Å². The van der Waals surface area contributed by atoms with Gasteiger partial charge in [-0.1, -0.05) is 170 Å². The molecule has 0 heterocycles. The van der Waals surface area contributed by atoms with Gasteiger partial charge in [0.1, 0.15) is 0 Å². The lowest BCUT2D eigenvalue weighted by Crippen LogP contribution is -2.35. The highest BCUT2D eigenvalue weighted by molar-refractivity contribution is 5.08. The summed E-state index contributed by atoms with van der Waals surface area (Å²) in [5, 5.41) is 31.5. The first-order valence-corrected chi connectivity index (χ1v) is 18.7. The van der Waals surface area contributed by atoms with Crippen LogP contribution in [0.4, 0.5) is 0 Å². The minimum Gasteiger partial charge on any atom is -0.198 e. The van der Waals surface area contributed by atoms with Gasteiger partial charge in [-0.25, -0.2) is 0 Å². The van der Waals surface area contributed by atoms with E-state index in [1.807, 2.05) is 0 Å². The first kappa shape index (κ1) is 40.6. The second-order valence-electron chi connectivity index (χ2n) is 13.3. The maximum Gasteiger partial charge on any atom is 0.0891 e. The Morgan fingerprint density at radius 1 is 0.405 bits per heavy atom. The summed E-state index contributed by atoms with van der Waals surface area (Å²) >= 11 is 0. The Hall–Kier alpha value is -1.42. The van der Waals surface area contributed by atoms with E-state index in [2.05, 4.69) is 53.7 Å². The lowest BCUT2D eigenvalue weighted by molar-refractivity contribution is 0.213. The Morgan fingerprint density at radius 2 is 0.643 bits per heavy atom. The first-order chi connectivity index (χ1) is 20.5. The summed E-state index contributed by atoms with van der Waals surface area (Å²) in [6.45, 7) is 13.4. The van der Waals surface area contributed by atoms with E-state index >= 15 is 0 Å². The standard InChI is InChI=1S/C38H72N4/c1-7-13-17-21-25-29-37(33-39,30-26-22-18-14-8-2)35(11-5)41-42-36(12-6)38(34-40,31-27-23-19-15-9-3)32-28-24-20-16-10-4/h35-36H,7-32H2,1-6H3. The Bertz CT molecular complexity index is 628. The average molecular weight is 585 g/mol. The van der Waals surface area contributed by atoms with E-state index in [9.17, 15) is 10.5 Å². The summed E-state index contributed by atoms with van der Waals surface area (Å²) in [6, 6.07) is 5.50. The molecule has 42 heavy (non-hydrogen) atoms. The zero-order valence-corrected chi connectivity index (χ0v) is 29.3. The van der Waals surface area contributed by atoms with Crippen molar-refractivity contribution in [2.24, 2.45) is 21.1 Å². The third kappa shape index (κ3) is 16.4. The molecule has 4 heteroatoms. The first-order valence-electron chi connectivity index (χ1n) is 18.7. The van der Waals surface area contributed by atoms with Crippen molar-refractivity contribution in [3.8, 4) is 12.1 Å². The summed E-state index contributed by atoms with van der Waals surface area (Å²) in [5.74, 6) is 0. The Balaban J connectivity index is 5.97. The zero-order chi connectivity index (χ0) is 31.4. The van der Waals surface area contributed by atoms with Gasteiger partial charge in [0.2, 0.25) is 0 Å². The van der Waals surface area contributed by atoms with E-state index in [4.69, 9.17) is 10.2 Å². The van der Waals surface area contributed by atoms with Gasteiger partial charge in [0.15, 0.2) is 0 Å². The highest BCUT2D eigenvalue weighted by Gasteiger charge is 2.40. The summed E-state index contributed by atoms with van der Waals surface area (Å²) < 4.78 is 0. The topological polar surface area (TPSA) is 72.3 Å². The van der Waals surface area contributed by atoms with Gasteiger partial charge >= 0.3 is 0 Å². The van der Waals surface area contributed by atoms with Crippen LogP contribution in [0.15, 0.2) is 10.2 Å². The van der Waals surface area contributed by atoms with E-state index in [0.29, 0.717) is 0 Å². The fourth-order valence-electron chi connectivity index (χ4n) is 6.79. The fraction of sp³-hybridized carbons (Fsp3) is 0.947. The van der Waals surface area contributed by atoms with E-state index in [-0.39, 0.29) is 12.1 Å². The van der Waals surface area contributed by atoms with Crippen LogP contribution >= 0.6 is 0 Å². The number of hydrogen-bond donors (Lipinski definition) is 0. The molecule has 2 unspecified atom stereocenters. The molecular weight excluding hydrogens is 512 g/mol. The molecule has 0 aromatic carbocycles. The molecule has 2 atom stereocenters. The van der Waals surface area contributed by atoms with Crippen LogP contribution in [-0.4, -0.2) is 12.1 Å². The summed E-state index contributed by atoms with van der Waals surface area (Å²) in [5.41, 5.74) is -0.880. The number of hydrogen-bond acceptors (Lipinski definition) is 4. The van der Waals surface area contributed by atoms with Gasteiger partial charge in [-0.15, -0.1) is 0 Å². The minimum atomic E-state index is -0.440. The molecule has 0 aliphatic heterocycles. The van der Waals surface area contributed by atoms with Gasteiger partial charge in [0.25, 0.3) is 0 Å². The second kappa shape index (κ2) is 27.2. The van der Waals surface area contributed by atoms with Crippen molar-refractivity contribution in [1.29, 1.82) is 10.5 Å². The second-order valence-corrected chi connectivity index (χ2v) is 13.3. The summed E-state index contributed by atoms with van der Waals surface area (Å²) in [4.78, 5) is 0. The number of rotatable bonds is 30. The molecule has 0 N–H and O–H groups in total. The Labute approximate surface area is 263 Å². The lowest BCUT2D eigenvalue weighted by atomic mass is 9.72. The third-order valence-electron chi connectivity index (χ3n) is 9.75. The summed E-state index contributed by atoms with van der Waals surface area (Å²) in [7, 11) is 0. The van der Waals surface area contributed by atoms with E-state index < -0.39 is 10.8 Å². The van der Waals surface area contributed by atoms with Gasteiger partial charge in [-0.05, 0) is 38.5 Å². The monoisotopic (exact) mass is 585 g/mol. The van der Waals surface area contributed by atoms with Gasteiger partial charge in [0.05, 0.1) is 35.1 Å². The highest BCUT2D eigenvalue weighted by atomic mass is 15.2. The van der Waals surface area contributed by atoms with Gasteiger partial charge in [-0.2, -0.15) is 20.8 Å². The van der Waals surface area contributed by atoms with Gasteiger partial charge in [-0.3, -0.25) is 0 Å². The molecule has 0 aliphatic carbocycles. The SMILES string of the molecule is CCCCCCCC(C#N)(CCCCCCC)C(CC)N=NC(CC)C(C#N)(CCCCCCC)CCCCCCC. The van der Waals surface area contributed by atoms with E-state index in [1.54, 1.807) is 0 Å². The number of unbranched alkanes of at least 4 members (excludes halogenated alkanes) is 16. The van der Waals surface area contributed by atoms with Crippen molar-refractivity contribution in [3.05, 3.63) is 0 Å². The molecule has 0 saturated carbocycles. The van der Waals surface area contributed by atoms with Crippen LogP contribution in [-0.2, 0) is 0 Å². The molecule has 244 valence electrons. The van der Waals surface area contributed by atoms with E-state index in [1.165, 1.54) is 103 Å². The van der Waals surface area contributed by atoms with Crippen molar-refractivity contribution in [1.82, 2.24) is 0 Å². The molecule has 0 radical (unpaired) electrons. The maximum atomic E-state index is 10.7. The molecule has 0 amide bonds. The molecule has 4 nitrogen and oxygen atoms in total. The maximum absolute atomic E-state index is 10.7. The molecule has 0 rings (SSSR count). The van der Waals surface area contributed by atoms with Crippen molar-refractivity contribution >= 4 is 0 Å². The van der Waals surface area contributed by atoms with Gasteiger partial charge in [0, 0.05) is 0 Å². The number of nitriles is 2. The highest BCUT2D eigenvalue weighted by Crippen LogP contribution is 2.41. The molecule has 0 spiro atoms. The van der Waals surface area contributed by atoms with Crippen LogP contribution < -0.4 is 0 Å². The normalized spacial score (nSPS) is 13.7. The molecule has 0 fully saturated rings. The number of nitrogens with zero attached hydrogens (tertiary/aromatic N) is 4. The van der Waals surface area contributed by atoms with Crippen LogP contribution in [0.2, 0.25) is 0 Å². The molecular formula is C38H72N4. The summed E-state index contributed by atoms with van der Waals surface area (Å²) in [6.07, 6.45) is 29.7. The largest absolute Gasteiger partial charge is 0.198 e. The average Bonchev–Trinajstić information content (AvgIpc) is 3.01. The van der Waals surface area contributed by atoms with Crippen LogP contribution in [0.3, 0.4) is 0 Å². The quantitative estimate of drug-likeness (QED) is 0.0622. The van der Waals surface area contributed by atoms with Gasteiger partial charge < -0.3 is 0 Å². The zero-order valence-electron chi connectivity index (χ0n) is 29.3. The van der Waals surface area contributed by atoms with Crippen molar-refractivity contribution in [2.45, 2.75) is 221 Å².